The van der Waals surface area contributed by atoms with Crippen LogP contribution < -0.4 is 4.74 Å². The van der Waals surface area contributed by atoms with E-state index in [0.717, 1.165) is 16.2 Å². The van der Waals surface area contributed by atoms with Crippen LogP contribution in [0.3, 0.4) is 0 Å². The lowest BCUT2D eigenvalue weighted by atomic mass is 10.1. The van der Waals surface area contributed by atoms with Crippen molar-refractivity contribution in [1.29, 1.82) is 0 Å². The van der Waals surface area contributed by atoms with Gasteiger partial charge in [-0.1, -0.05) is 12.1 Å². The van der Waals surface area contributed by atoms with Crippen LogP contribution in [0.25, 0.3) is 0 Å². The molecule has 0 unspecified atom stereocenters. The topological polar surface area (TPSA) is 29.5 Å². The predicted molar refractivity (Wildman–Crippen MR) is 91.6 cm³/mol. The van der Waals surface area contributed by atoms with Gasteiger partial charge in [0.2, 0.25) is 0 Å². The normalized spacial score (nSPS) is 10.3. The molecule has 0 aromatic heterocycles. The van der Waals surface area contributed by atoms with Crippen LogP contribution in [0.1, 0.15) is 22.8 Å². The van der Waals surface area contributed by atoms with Crippen molar-refractivity contribution in [3.63, 3.8) is 0 Å². The summed E-state index contributed by atoms with van der Waals surface area (Å²) in [6.45, 7) is 3.20. The van der Waals surface area contributed by atoms with E-state index < -0.39 is 0 Å². The second-order valence-corrected chi connectivity index (χ2v) is 5.85. The van der Waals surface area contributed by atoms with Gasteiger partial charge in [0.15, 0.2) is 0 Å². The molecule has 116 valence electrons. The van der Waals surface area contributed by atoms with E-state index in [2.05, 4.69) is 0 Å². The van der Waals surface area contributed by atoms with E-state index in [1.165, 1.54) is 0 Å². The summed E-state index contributed by atoms with van der Waals surface area (Å²) in [5.41, 5.74) is 1.80. The van der Waals surface area contributed by atoms with Gasteiger partial charge in [-0.3, -0.25) is 4.79 Å². The first-order valence-corrected chi connectivity index (χ1v) is 8.47. The molecule has 2 aromatic rings. The Morgan fingerprint density at radius 2 is 1.73 bits per heavy atom. The van der Waals surface area contributed by atoms with Gasteiger partial charge in [-0.25, -0.2) is 0 Å². The summed E-state index contributed by atoms with van der Waals surface area (Å²) in [6, 6.07) is 15.6. The molecule has 0 fully saturated rings. The Morgan fingerprint density at radius 3 is 2.27 bits per heavy atom. The number of ether oxygens (including phenoxy) is 1. The van der Waals surface area contributed by atoms with Crippen molar-refractivity contribution in [2.24, 2.45) is 0 Å². The first kappa shape index (κ1) is 16.4. The van der Waals surface area contributed by atoms with Crippen molar-refractivity contribution in [3.05, 3.63) is 59.7 Å². The summed E-state index contributed by atoms with van der Waals surface area (Å²) in [5.74, 6) is 0.884. The predicted octanol–water partition coefficient (Wildman–Crippen LogP) is 4.08. The standard InChI is InChI=1S/C18H21NO2S/c1-4-21-16-9-5-14(6-10-16)13-19(2)18(20)15-7-11-17(22-3)12-8-15/h5-12H,4,13H2,1-3H3. The highest BCUT2D eigenvalue weighted by Gasteiger charge is 2.12. The lowest BCUT2D eigenvalue weighted by Crippen LogP contribution is -2.26. The fraction of sp³-hybridized carbons (Fsp3) is 0.278. The summed E-state index contributed by atoms with van der Waals surface area (Å²) in [4.78, 5) is 15.3. The number of nitrogens with zero attached hydrogens (tertiary/aromatic N) is 1. The molecular weight excluding hydrogens is 294 g/mol. The smallest absolute Gasteiger partial charge is 0.253 e. The Labute approximate surface area is 136 Å². The maximum absolute atomic E-state index is 12.4. The molecule has 0 atom stereocenters. The summed E-state index contributed by atoms with van der Waals surface area (Å²) in [6.07, 6.45) is 2.02. The van der Waals surface area contributed by atoms with Gasteiger partial charge < -0.3 is 9.64 Å². The van der Waals surface area contributed by atoms with Gasteiger partial charge in [0, 0.05) is 24.1 Å². The molecule has 2 rings (SSSR count). The number of benzene rings is 2. The first-order valence-electron chi connectivity index (χ1n) is 7.25. The van der Waals surface area contributed by atoms with E-state index >= 15 is 0 Å². The van der Waals surface area contributed by atoms with E-state index in [9.17, 15) is 4.79 Å². The average molecular weight is 315 g/mol. The van der Waals surface area contributed by atoms with Crippen LogP contribution in [0.15, 0.2) is 53.4 Å². The molecule has 0 N–H and O–H groups in total. The SMILES string of the molecule is CCOc1ccc(CN(C)C(=O)c2ccc(SC)cc2)cc1. The van der Waals surface area contributed by atoms with E-state index in [1.54, 1.807) is 16.7 Å². The molecule has 0 aliphatic rings. The van der Waals surface area contributed by atoms with Crippen molar-refractivity contribution in [3.8, 4) is 5.75 Å². The van der Waals surface area contributed by atoms with Gasteiger partial charge in [-0.2, -0.15) is 0 Å². The number of carbonyl (C=O) groups excluding carboxylic acids is 1. The molecule has 0 heterocycles. The van der Waals surface area contributed by atoms with E-state index in [4.69, 9.17) is 4.74 Å². The quantitative estimate of drug-likeness (QED) is 0.752. The average Bonchev–Trinajstić information content (AvgIpc) is 2.56. The number of carbonyl (C=O) groups is 1. The molecule has 3 nitrogen and oxygen atoms in total. The second kappa shape index (κ2) is 7.90. The number of thioether (sulfide) groups is 1. The molecule has 0 aliphatic heterocycles. The van der Waals surface area contributed by atoms with Crippen molar-refractivity contribution in [2.75, 3.05) is 19.9 Å². The molecule has 0 saturated carbocycles. The van der Waals surface area contributed by atoms with Gasteiger partial charge in [-0.15, -0.1) is 11.8 Å². The van der Waals surface area contributed by atoms with Crippen LogP contribution in [0, 0.1) is 0 Å². The number of amides is 1. The van der Waals surface area contributed by atoms with Crippen LogP contribution in [-0.4, -0.2) is 30.7 Å². The first-order chi connectivity index (χ1) is 10.6. The molecule has 2 aromatic carbocycles. The lowest BCUT2D eigenvalue weighted by Gasteiger charge is -2.17. The minimum atomic E-state index is 0.0292. The molecule has 4 heteroatoms. The highest BCUT2D eigenvalue weighted by Crippen LogP contribution is 2.17. The van der Waals surface area contributed by atoms with Crippen LogP contribution in [0.5, 0.6) is 5.75 Å². The van der Waals surface area contributed by atoms with E-state index in [1.807, 2.05) is 68.8 Å². The lowest BCUT2D eigenvalue weighted by molar-refractivity contribution is 0.0785. The molecule has 0 aliphatic carbocycles. The van der Waals surface area contributed by atoms with Gasteiger partial charge in [0.1, 0.15) is 5.75 Å². The fourth-order valence-corrected chi connectivity index (χ4v) is 2.57. The third-order valence-corrected chi connectivity index (χ3v) is 4.08. The van der Waals surface area contributed by atoms with Crippen molar-refractivity contribution in [1.82, 2.24) is 4.90 Å². The Balaban J connectivity index is 2.00. The maximum Gasteiger partial charge on any atom is 0.253 e. The van der Waals surface area contributed by atoms with Crippen LogP contribution in [-0.2, 0) is 6.54 Å². The third kappa shape index (κ3) is 4.28. The summed E-state index contributed by atoms with van der Waals surface area (Å²) >= 11 is 1.67. The van der Waals surface area contributed by atoms with Gasteiger partial charge in [0.25, 0.3) is 5.91 Å². The van der Waals surface area contributed by atoms with Crippen LogP contribution >= 0.6 is 11.8 Å². The molecule has 22 heavy (non-hydrogen) atoms. The highest BCUT2D eigenvalue weighted by atomic mass is 32.2. The Bertz CT molecular complexity index is 608. The molecule has 0 radical (unpaired) electrons. The summed E-state index contributed by atoms with van der Waals surface area (Å²) in [5, 5.41) is 0. The van der Waals surface area contributed by atoms with Crippen molar-refractivity contribution in [2.45, 2.75) is 18.4 Å². The largest absolute Gasteiger partial charge is 0.494 e. The van der Waals surface area contributed by atoms with Crippen molar-refractivity contribution < 1.29 is 9.53 Å². The van der Waals surface area contributed by atoms with Crippen LogP contribution in [0.4, 0.5) is 0 Å². The maximum atomic E-state index is 12.4. The zero-order valence-electron chi connectivity index (χ0n) is 13.2. The summed E-state index contributed by atoms with van der Waals surface area (Å²) < 4.78 is 5.42. The molecule has 1 amide bonds. The number of hydrogen-bond acceptors (Lipinski definition) is 3. The fourth-order valence-electron chi connectivity index (χ4n) is 2.16. The van der Waals surface area contributed by atoms with Gasteiger partial charge in [0.05, 0.1) is 6.61 Å². The second-order valence-electron chi connectivity index (χ2n) is 4.97. The van der Waals surface area contributed by atoms with Gasteiger partial charge in [-0.05, 0) is 55.1 Å². The monoisotopic (exact) mass is 315 g/mol. The third-order valence-electron chi connectivity index (χ3n) is 3.34. The zero-order chi connectivity index (χ0) is 15.9. The Hall–Kier alpha value is -1.94. The summed E-state index contributed by atoms with van der Waals surface area (Å²) in [7, 11) is 1.82. The van der Waals surface area contributed by atoms with E-state index in [0.29, 0.717) is 18.7 Å². The molecule has 0 saturated heterocycles. The Kier molecular flexibility index (Phi) is 5.90. The Morgan fingerprint density at radius 1 is 1.09 bits per heavy atom. The molecule has 0 spiro atoms. The van der Waals surface area contributed by atoms with E-state index in [-0.39, 0.29) is 5.91 Å². The highest BCUT2D eigenvalue weighted by molar-refractivity contribution is 7.98. The minimum absolute atomic E-state index is 0.0292. The molecular formula is C18H21NO2S. The number of hydrogen-bond donors (Lipinski definition) is 0. The van der Waals surface area contributed by atoms with Crippen LogP contribution in [0.2, 0.25) is 0 Å². The van der Waals surface area contributed by atoms with Crippen molar-refractivity contribution >= 4 is 17.7 Å². The number of rotatable bonds is 6. The zero-order valence-corrected chi connectivity index (χ0v) is 14.0. The minimum Gasteiger partial charge on any atom is -0.494 e. The van der Waals surface area contributed by atoms with Gasteiger partial charge >= 0.3 is 0 Å². The molecule has 0 bridgehead atoms.